The third-order valence-corrected chi connectivity index (χ3v) is 8.19. The Morgan fingerprint density at radius 2 is 1.82 bits per heavy atom. The van der Waals surface area contributed by atoms with Crippen molar-refractivity contribution in [2.24, 2.45) is 0 Å². The van der Waals surface area contributed by atoms with Gasteiger partial charge in [-0.25, -0.2) is 13.4 Å². The minimum absolute atomic E-state index is 0.00919. The molecule has 14 heteroatoms. The Balaban J connectivity index is 1.64. The summed E-state index contributed by atoms with van der Waals surface area (Å²) in [5.41, 5.74) is 0.640. The maximum absolute atomic E-state index is 13.3. The second-order valence-electron chi connectivity index (χ2n) is 6.73. The molecule has 0 saturated carbocycles. The molecule has 0 aliphatic heterocycles. The molecule has 0 aliphatic carbocycles. The highest BCUT2D eigenvalue weighted by molar-refractivity contribution is 7.91. The van der Waals surface area contributed by atoms with Crippen molar-refractivity contribution in [1.82, 2.24) is 19.8 Å². The fourth-order valence-electron chi connectivity index (χ4n) is 3.21. The molecule has 5 rings (SSSR count). The lowest BCUT2D eigenvalue weighted by Gasteiger charge is -2.17. The first-order valence-electron chi connectivity index (χ1n) is 9.16. The summed E-state index contributed by atoms with van der Waals surface area (Å²) in [6, 6.07) is 9.47. The second kappa shape index (κ2) is 7.67. The largest absolute Gasteiger partial charge is 0.573 e. The molecular formula is C19H12F3N5O3S3. The number of anilines is 2. The van der Waals surface area contributed by atoms with Gasteiger partial charge in [0, 0.05) is 7.05 Å². The summed E-state index contributed by atoms with van der Waals surface area (Å²) in [4.78, 5) is 6.16. The number of alkyl halides is 3. The molecule has 0 bridgehead atoms. The minimum Gasteiger partial charge on any atom is -0.406 e. The highest BCUT2D eigenvalue weighted by Gasteiger charge is 2.32. The van der Waals surface area contributed by atoms with E-state index in [2.05, 4.69) is 20.0 Å². The summed E-state index contributed by atoms with van der Waals surface area (Å²) in [6.45, 7) is 0. The fraction of sp³-hybridized carbons (Fsp3) is 0.105. The number of sulfone groups is 1. The summed E-state index contributed by atoms with van der Waals surface area (Å²) in [6.07, 6.45) is -4.88. The lowest BCUT2D eigenvalue weighted by Crippen LogP contribution is -2.17. The van der Waals surface area contributed by atoms with Crippen LogP contribution >= 0.6 is 22.7 Å². The van der Waals surface area contributed by atoms with Crippen molar-refractivity contribution in [2.45, 2.75) is 16.3 Å². The molecule has 0 amide bonds. The van der Waals surface area contributed by atoms with Crippen LogP contribution < -0.4 is 9.64 Å². The van der Waals surface area contributed by atoms with Crippen LogP contribution in [0.3, 0.4) is 0 Å². The molecule has 170 valence electrons. The zero-order valence-corrected chi connectivity index (χ0v) is 19.0. The van der Waals surface area contributed by atoms with Crippen LogP contribution in [0, 0.1) is 0 Å². The number of ether oxygens (including phenoxy) is 1. The van der Waals surface area contributed by atoms with Gasteiger partial charge in [0.2, 0.25) is 14.9 Å². The number of rotatable bonds is 5. The number of thiophene rings is 2. The topological polar surface area (TPSA) is 89.7 Å². The van der Waals surface area contributed by atoms with Gasteiger partial charge in [-0.05, 0) is 53.2 Å². The minimum atomic E-state index is -4.88. The maximum Gasteiger partial charge on any atom is 0.573 e. The van der Waals surface area contributed by atoms with Crippen LogP contribution in [0.2, 0.25) is 0 Å². The van der Waals surface area contributed by atoms with E-state index < -0.39 is 27.0 Å². The van der Waals surface area contributed by atoms with Gasteiger partial charge < -0.3 is 9.64 Å². The van der Waals surface area contributed by atoms with Gasteiger partial charge in [-0.3, -0.25) is 0 Å². The van der Waals surface area contributed by atoms with Gasteiger partial charge in [-0.15, -0.1) is 40.9 Å². The van der Waals surface area contributed by atoms with Gasteiger partial charge >= 0.3 is 6.36 Å². The molecule has 33 heavy (non-hydrogen) atoms. The number of hydrogen-bond acceptors (Lipinski definition) is 9. The Morgan fingerprint density at radius 1 is 1.06 bits per heavy atom. The Labute approximate surface area is 192 Å². The summed E-state index contributed by atoms with van der Waals surface area (Å²) in [7, 11) is -2.42. The normalized spacial score (nSPS) is 12.5. The van der Waals surface area contributed by atoms with Crippen molar-refractivity contribution >= 4 is 59.2 Å². The SMILES string of the molecule is CN(c1cccs1)c1nc2c(S(=O)(=O)c3ccc(OC(F)(F)F)cc3)nnn2c2ccsc12. The molecular weight excluding hydrogens is 499 g/mol. The molecule has 0 unspecified atom stereocenters. The Morgan fingerprint density at radius 3 is 2.48 bits per heavy atom. The molecule has 1 aromatic carbocycles. The van der Waals surface area contributed by atoms with Crippen LogP contribution in [0.5, 0.6) is 5.75 Å². The average Bonchev–Trinajstić information content (AvgIpc) is 3.51. The van der Waals surface area contributed by atoms with Crippen molar-refractivity contribution in [3.63, 3.8) is 0 Å². The van der Waals surface area contributed by atoms with Crippen molar-refractivity contribution < 1.29 is 26.3 Å². The lowest BCUT2D eigenvalue weighted by molar-refractivity contribution is -0.274. The zero-order valence-electron chi connectivity index (χ0n) is 16.5. The molecule has 0 fully saturated rings. The lowest BCUT2D eigenvalue weighted by atomic mass is 10.3. The predicted molar refractivity (Wildman–Crippen MR) is 117 cm³/mol. The molecule has 0 N–H and O–H groups in total. The quantitative estimate of drug-likeness (QED) is 0.332. The molecule has 0 aliphatic rings. The third kappa shape index (κ3) is 3.79. The molecule has 5 aromatic rings. The summed E-state index contributed by atoms with van der Waals surface area (Å²) < 4.78 is 69.7. The predicted octanol–water partition coefficient (Wildman–Crippen LogP) is 4.90. The highest BCUT2D eigenvalue weighted by Crippen LogP contribution is 2.36. The van der Waals surface area contributed by atoms with Gasteiger partial charge in [-0.2, -0.15) is 4.52 Å². The average molecular weight is 512 g/mol. The standard InChI is InChI=1S/C19H12F3N5O3S3/c1-26(14-3-2-9-31-14)16-15-13(8-10-32-15)27-17(23-16)18(24-25-27)33(28,29)12-6-4-11(5-7-12)30-19(20,21)22/h2-10H,1H3. The highest BCUT2D eigenvalue weighted by atomic mass is 32.2. The molecule has 4 aromatic heterocycles. The number of halogens is 3. The van der Waals surface area contributed by atoms with E-state index in [1.807, 2.05) is 34.8 Å². The van der Waals surface area contributed by atoms with Crippen LogP contribution in [-0.4, -0.2) is 41.6 Å². The van der Waals surface area contributed by atoms with Gasteiger partial charge in [0.25, 0.3) is 0 Å². The molecule has 0 atom stereocenters. The van der Waals surface area contributed by atoms with Crippen molar-refractivity contribution in [2.75, 3.05) is 11.9 Å². The van der Waals surface area contributed by atoms with Crippen LogP contribution in [-0.2, 0) is 9.84 Å². The number of benzene rings is 1. The van der Waals surface area contributed by atoms with Crippen LogP contribution in [0.1, 0.15) is 0 Å². The van der Waals surface area contributed by atoms with Crippen molar-refractivity contribution in [3.8, 4) is 5.75 Å². The molecule has 0 spiro atoms. The smallest absolute Gasteiger partial charge is 0.406 e. The molecule has 8 nitrogen and oxygen atoms in total. The van der Waals surface area contributed by atoms with Gasteiger partial charge in [-0.1, -0.05) is 5.21 Å². The number of nitrogens with zero attached hydrogens (tertiary/aromatic N) is 5. The number of fused-ring (bicyclic) bond motifs is 3. The molecule has 0 radical (unpaired) electrons. The van der Waals surface area contributed by atoms with Crippen LogP contribution in [0.25, 0.3) is 15.9 Å². The monoisotopic (exact) mass is 511 g/mol. The Bertz CT molecular complexity index is 1560. The maximum atomic E-state index is 13.3. The summed E-state index contributed by atoms with van der Waals surface area (Å²) >= 11 is 2.93. The van der Waals surface area contributed by atoms with Gasteiger partial charge in [0.15, 0.2) is 11.5 Å². The van der Waals surface area contributed by atoms with Crippen molar-refractivity contribution in [3.05, 3.63) is 53.2 Å². The van der Waals surface area contributed by atoms with E-state index in [1.54, 1.807) is 6.07 Å². The van der Waals surface area contributed by atoms with Crippen molar-refractivity contribution in [1.29, 1.82) is 0 Å². The first-order chi connectivity index (χ1) is 15.6. The zero-order chi connectivity index (χ0) is 23.4. The fourth-order valence-corrected chi connectivity index (χ4v) is 6.04. The van der Waals surface area contributed by atoms with E-state index in [0.717, 1.165) is 34.0 Å². The first-order valence-corrected chi connectivity index (χ1v) is 12.4. The van der Waals surface area contributed by atoms with E-state index in [9.17, 15) is 21.6 Å². The van der Waals surface area contributed by atoms with Gasteiger partial charge in [0.05, 0.1) is 20.1 Å². The molecule has 0 saturated heterocycles. The van der Waals surface area contributed by atoms with E-state index in [4.69, 9.17) is 0 Å². The second-order valence-corrected chi connectivity index (χ2v) is 10.4. The van der Waals surface area contributed by atoms with E-state index >= 15 is 0 Å². The van der Waals surface area contributed by atoms with E-state index in [-0.39, 0.29) is 10.5 Å². The van der Waals surface area contributed by atoms with Gasteiger partial charge in [0.1, 0.15) is 5.75 Å². The van der Waals surface area contributed by atoms with E-state index in [0.29, 0.717) is 11.3 Å². The Kier molecular flexibility index (Phi) is 5.02. The van der Waals surface area contributed by atoms with E-state index in [1.165, 1.54) is 27.2 Å². The summed E-state index contributed by atoms with van der Waals surface area (Å²) in [5.74, 6) is -0.00476. The summed E-state index contributed by atoms with van der Waals surface area (Å²) in [5, 5.41) is 12.1. The Hall–Kier alpha value is -3.23. The van der Waals surface area contributed by atoms with Crippen LogP contribution in [0.15, 0.2) is 63.1 Å². The first kappa shape index (κ1) is 21.6. The van der Waals surface area contributed by atoms with Crippen LogP contribution in [0.4, 0.5) is 24.0 Å². The number of hydrogen-bond donors (Lipinski definition) is 0. The number of aromatic nitrogens is 4. The third-order valence-electron chi connectivity index (χ3n) is 4.68. The molecule has 4 heterocycles.